The van der Waals surface area contributed by atoms with E-state index in [9.17, 15) is 4.79 Å². The predicted octanol–water partition coefficient (Wildman–Crippen LogP) is 0.760. The number of carbonyl (C=O) groups is 1. The van der Waals surface area contributed by atoms with Crippen molar-refractivity contribution >= 4 is 12.4 Å². The zero-order chi connectivity index (χ0) is 19.8. The van der Waals surface area contributed by atoms with Gasteiger partial charge < -0.3 is 76.8 Å². The smallest absolute Gasteiger partial charge is 0.653 e. The van der Waals surface area contributed by atoms with Gasteiger partial charge in [-0.2, -0.15) is 0 Å². The topological polar surface area (TPSA) is 189 Å². The van der Waals surface area contributed by atoms with Crippen molar-refractivity contribution in [2.24, 2.45) is 0 Å². The van der Waals surface area contributed by atoms with Gasteiger partial charge >= 0.3 is 84.3 Å². The average molecular weight is 1140 g/mol. The molecule has 0 radical (unpaired) electrons. The Morgan fingerprint density at radius 2 is 1.06 bits per heavy atom. The predicted molar refractivity (Wildman–Crippen MR) is 111 cm³/mol. The summed E-state index contributed by atoms with van der Waals surface area (Å²) < 4.78 is 8.32. The minimum absolute atomic E-state index is 0. The van der Waals surface area contributed by atoms with Gasteiger partial charge in [0.15, 0.2) is 5.97 Å². The second-order valence-electron chi connectivity index (χ2n) is 1.48. The summed E-state index contributed by atoms with van der Waals surface area (Å²) in [4.78, 5) is 18.8. The second-order valence-corrected chi connectivity index (χ2v) is 1.48. The first kappa shape index (κ1) is 121. The van der Waals surface area contributed by atoms with Gasteiger partial charge in [0, 0.05) is 27.9 Å². The molecule has 0 aliphatic rings. The van der Waals surface area contributed by atoms with Crippen LogP contribution in [0.2, 0.25) is 0 Å². The molecule has 0 heterocycles. The molecular formula is C17H43NO9W4. The van der Waals surface area contributed by atoms with E-state index < -0.39 is 5.97 Å². The fourth-order valence-corrected chi connectivity index (χ4v) is 0.220. The molecule has 0 unspecified atom stereocenters. The number of rotatable bonds is 3. The van der Waals surface area contributed by atoms with Crippen LogP contribution in [-0.2, 0) is 103 Å². The second kappa shape index (κ2) is 287. The first-order valence-electron chi connectivity index (χ1n) is 5.40. The molecule has 14 heteroatoms. The van der Waals surface area contributed by atoms with Crippen LogP contribution in [0.15, 0.2) is 0 Å². The van der Waals surface area contributed by atoms with Gasteiger partial charge in [-0.15, -0.1) is 6.07 Å². The summed E-state index contributed by atoms with van der Waals surface area (Å²) >= 11 is 0. The van der Waals surface area contributed by atoms with Crippen molar-refractivity contribution in [3.8, 4) is 6.07 Å². The van der Waals surface area contributed by atoms with E-state index in [4.69, 9.17) is 30.5 Å². The Kier molecular flexibility index (Phi) is 1120. The van der Waals surface area contributed by atoms with Crippen LogP contribution in [0, 0.1) is 62.0 Å². The minimum Gasteiger partial charge on any atom is -0.653 e. The Morgan fingerprint density at radius 1 is 0.871 bits per heavy atom. The number of carbonyl (C=O) groups excluding carboxylic acids is 2. The van der Waals surface area contributed by atoms with E-state index in [0.29, 0.717) is 13.2 Å². The van der Waals surface area contributed by atoms with Crippen LogP contribution in [0.4, 0.5) is 0 Å². The van der Waals surface area contributed by atoms with Crippen molar-refractivity contribution in [1.82, 2.24) is 0 Å². The third-order valence-corrected chi connectivity index (χ3v) is 0.509. The van der Waals surface area contributed by atoms with Crippen LogP contribution in [0.3, 0.4) is 0 Å². The number of hydrogen-bond acceptors (Lipinski definition) is 9. The first-order valence-corrected chi connectivity index (χ1v) is 5.40. The van der Waals surface area contributed by atoms with E-state index >= 15 is 0 Å². The maximum absolute atomic E-state index is 9.71. The van der Waals surface area contributed by atoms with E-state index in [1.807, 2.05) is 0 Å². The first-order chi connectivity index (χ1) is 10.6. The van der Waals surface area contributed by atoms with E-state index in [-0.39, 0.29) is 119 Å². The molecule has 0 aromatic carbocycles. The Morgan fingerprint density at radius 3 is 1.06 bits per heavy atom. The molecular weight excluding hydrogens is 1100 g/mol. The molecule has 194 valence electrons. The molecule has 0 spiro atoms. The molecule has 0 saturated heterocycles. The summed E-state index contributed by atoms with van der Waals surface area (Å²) in [5.74, 6) is -0.461. The fourth-order valence-electron chi connectivity index (χ4n) is 0.220. The van der Waals surface area contributed by atoms with Gasteiger partial charge in [0.25, 0.3) is 0 Å². The van der Waals surface area contributed by atoms with Gasteiger partial charge in [-0.25, -0.2) is 12.4 Å². The molecule has 10 nitrogen and oxygen atoms in total. The van der Waals surface area contributed by atoms with Crippen LogP contribution in [0.25, 0.3) is 0 Å². The molecule has 31 heavy (non-hydrogen) atoms. The quantitative estimate of drug-likeness (QED) is 0.234. The van der Waals surface area contributed by atoms with Gasteiger partial charge in [0.1, 0.15) is 0 Å². The average Bonchev–Trinajstić information content (AvgIpc) is 2.57. The summed E-state index contributed by atoms with van der Waals surface area (Å²) in [5.41, 5.74) is 0. The summed E-state index contributed by atoms with van der Waals surface area (Å²) in [6.45, 7) is 11.3. The van der Waals surface area contributed by atoms with Crippen LogP contribution >= 0.6 is 0 Å². The standard InChI is InChI=1S/C4H7O2.C3H5O2.C2H2N.3CH4O.CH3O.4CH3.H2O.4W/c1-3-6-4(2)5;1-2-5-3-4;1-2-3;4*1-2;;;;;;;;;/h2-3H2,1H3;2H2,1H3;1H2;3*2H,1H3;2H,1H2;4*1H3;1H2;;;;/q3*-1;;;;5*-1;;4*+2. The number of nitrogens with zero attached hydrogens (tertiary/aromatic N) is 1. The van der Waals surface area contributed by atoms with Gasteiger partial charge in [-0.1, -0.05) is 6.47 Å². The molecule has 0 saturated carbocycles. The Labute approximate surface area is 250 Å². The summed E-state index contributed by atoms with van der Waals surface area (Å²) in [7, 11) is 5.25. The van der Waals surface area contributed by atoms with E-state index in [0.717, 1.165) is 21.3 Å². The molecule has 0 aromatic heterocycles. The van der Waals surface area contributed by atoms with Crippen LogP contribution in [0.5, 0.6) is 0 Å². The number of aliphatic hydroxyl groups excluding tert-OH is 4. The zero-order valence-electron chi connectivity index (χ0n) is 20.0. The van der Waals surface area contributed by atoms with Gasteiger partial charge in [-0.3, -0.25) is 11.7 Å². The number of ether oxygens (including phenoxy) is 2. The van der Waals surface area contributed by atoms with Gasteiger partial charge in [0.05, 0.1) is 6.61 Å². The van der Waals surface area contributed by atoms with Crippen molar-refractivity contribution < 1.29 is 129 Å². The number of hydrogen-bond donors (Lipinski definition) is 4. The van der Waals surface area contributed by atoms with Crippen molar-refractivity contribution in [3.05, 3.63) is 50.7 Å². The SMILES string of the molecule is CCO[C-]=O.CO.CO.CO.O.[CH2-]C#N.[CH2-]C(=O)OCC.[CH2-]O.[CH3-].[CH3-].[CH3-].[CH3-].[W+2].[W+2].[W+2].[W+2]. The van der Waals surface area contributed by atoms with Gasteiger partial charge in [0.2, 0.25) is 0 Å². The van der Waals surface area contributed by atoms with Crippen LogP contribution in [-0.4, -0.2) is 72.9 Å². The molecule has 0 rings (SSSR count). The Hall–Kier alpha value is 0.723. The number of aliphatic hydroxyl groups is 4. The van der Waals surface area contributed by atoms with Crippen molar-refractivity contribution in [3.63, 3.8) is 0 Å². The largest absolute Gasteiger partial charge is 2.00 e. The number of nitriles is 1. The van der Waals surface area contributed by atoms with Crippen molar-refractivity contribution in [2.75, 3.05) is 34.5 Å². The van der Waals surface area contributed by atoms with E-state index in [1.54, 1.807) is 13.8 Å². The van der Waals surface area contributed by atoms with Gasteiger partial charge in [-0.05, 0) is 13.8 Å². The fraction of sp³-hybridized carbons (Fsp3) is 0.412. The third kappa shape index (κ3) is 774. The molecule has 0 aliphatic heterocycles. The van der Waals surface area contributed by atoms with Crippen LogP contribution in [0.1, 0.15) is 13.8 Å². The Bertz CT molecular complexity index is 193. The third-order valence-electron chi connectivity index (χ3n) is 0.509. The molecule has 0 aliphatic carbocycles. The maximum Gasteiger partial charge on any atom is 2.00 e. The Balaban J connectivity index is -0.00000000603. The minimum atomic E-state index is -0.461. The van der Waals surface area contributed by atoms with Crippen molar-refractivity contribution in [1.29, 1.82) is 5.26 Å². The molecule has 0 atom stereocenters. The maximum atomic E-state index is 9.71. The molecule has 0 aromatic rings. The molecule has 0 amide bonds. The molecule has 0 bridgehead atoms. The van der Waals surface area contributed by atoms with E-state index in [2.05, 4.69) is 30.4 Å². The molecule has 6 N–H and O–H groups in total. The van der Waals surface area contributed by atoms with E-state index in [1.165, 1.54) is 12.5 Å². The monoisotopic (exact) mass is 1140 g/mol. The number of esters is 1. The summed E-state index contributed by atoms with van der Waals surface area (Å²) in [6.07, 6.45) is 0. The van der Waals surface area contributed by atoms with Crippen molar-refractivity contribution in [2.45, 2.75) is 13.8 Å². The summed E-state index contributed by atoms with van der Waals surface area (Å²) in [6, 6.07) is 1.50. The zero-order valence-corrected chi connectivity index (χ0v) is 31.8. The summed E-state index contributed by atoms with van der Waals surface area (Å²) in [5, 5.41) is 35.0. The normalized spacial score (nSPS) is 3.52. The molecule has 0 fully saturated rings. The van der Waals surface area contributed by atoms with Crippen LogP contribution < -0.4 is 0 Å².